The Bertz CT molecular complexity index is 503. The summed E-state index contributed by atoms with van der Waals surface area (Å²) < 4.78 is 4.76. The summed E-state index contributed by atoms with van der Waals surface area (Å²) in [5.74, 6) is 0.425. The Morgan fingerprint density at radius 3 is 2.47 bits per heavy atom. The number of anilines is 1. The largest absolute Gasteiger partial charge is 0.507 e. The van der Waals surface area contributed by atoms with Gasteiger partial charge in [-0.15, -0.1) is 0 Å². The summed E-state index contributed by atoms with van der Waals surface area (Å²) >= 11 is 0. The van der Waals surface area contributed by atoms with Crippen LogP contribution in [0.5, 0.6) is 5.75 Å². The second-order valence-electron chi connectivity index (χ2n) is 3.57. The molecule has 15 heavy (non-hydrogen) atoms. The summed E-state index contributed by atoms with van der Waals surface area (Å²) in [6.45, 7) is 3.91. The Morgan fingerprint density at radius 2 is 1.87 bits per heavy atom. The van der Waals surface area contributed by atoms with Crippen molar-refractivity contribution in [3.8, 4) is 17.0 Å². The number of benzene rings is 1. The molecule has 78 valence electrons. The van der Waals surface area contributed by atoms with Crippen LogP contribution in [0.3, 0.4) is 0 Å². The van der Waals surface area contributed by atoms with Gasteiger partial charge in [0.2, 0.25) is 5.88 Å². The lowest BCUT2D eigenvalue weighted by atomic mass is 10.0. The summed E-state index contributed by atoms with van der Waals surface area (Å²) in [4.78, 5) is 0. The Kier molecular flexibility index (Phi) is 2.11. The highest BCUT2D eigenvalue weighted by Crippen LogP contribution is 2.31. The quantitative estimate of drug-likeness (QED) is 0.747. The molecule has 1 aromatic heterocycles. The summed E-state index contributed by atoms with van der Waals surface area (Å²) in [6.07, 6.45) is 0. The molecule has 0 aliphatic carbocycles. The molecule has 0 spiro atoms. The molecule has 0 aliphatic heterocycles. The van der Waals surface area contributed by atoms with E-state index < -0.39 is 0 Å². The van der Waals surface area contributed by atoms with Crippen molar-refractivity contribution >= 4 is 5.88 Å². The number of aromatic nitrogens is 1. The topological polar surface area (TPSA) is 72.3 Å². The van der Waals surface area contributed by atoms with Crippen LogP contribution < -0.4 is 5.73 Å². The second-order valence-corrected chi connectivity index (χ2v) is 3.57. The molecule has 0 amide bonds. The molecule has 0 unspecified atom stereocenters. The third kappa shape index (κ3) is 1.66. The van der Waals surface area contributed by atoms with Gasteiger partial charge in [-0.25, -0.2) is 0 Å². The number of hydrogen-bond donors (Lipinski definition) is 2. The molecule has 1 aromatic carbocycles. The Hall–Kier alpha value is -1.97. The molecule has 1 heterocycles. The van der Waals surface area contributed by atoms with Gasteiger partial charge in [0, 0.05) is 11.6 Å². The van der Waals surface area contributed by atoms with Crippen LogP contribution in [0.4, 0.5) is 5.88 Å². The van der Waals surface area contributed by atoms with Gasteiger partial charge in [-0.3, -0.25) is 0 Å². The van der Waals surface area contributed by atoms with Gasteiger partial charge in [-0.05, 0) is 37.1 Å². The van der Waals surface area contributed by atoms with Crippen molar-refractivity contribution in [2.45, 2.75) is 13.8 Å². The number of rotatable bonds is 1. The van der Waals surface area contributed by atoms with E-state index in [0.717, 1.165) is 11.1 Å². The number of phenolic OH excluding ortho intramolecular Hbond substituents is 1. The smallest absolute Gasteiger partial charge is 0.222 e. The summed E-state index contributed by atoms with van der Waals surface area (Å²) in [6, 6.07) is 5.15. The number of nitrogens with zero attached hydrogens (tertiary/aromatic N) is 1. The van der Waals surface area contributed by atoms with Gasteiger partial charge in [0.25, 0.3) is 0 Å². The fourth-order valence-corrected chi connectivity index (χ4v) is 1.42. The monoisotopic (exact) mass is 204 g/mol. The van der Waals surface area contributed by atoms with E-state index in [1.165, 1.54) is 0 Å². The second kappa shape index (κ2) is 3.31. The zero-order valence-electron chi connectivity index (χ0n) is 8.61. The van der Waals surface area contributed by atoms with E-state index in [4.69, 9.17) is 10.3 Å². The lowest BCUT2D eigenvalue weighted by Gasteiger charge is -2.05. The molecular formula is C11H12N2O2. The number of aromatic hydroxyl groups is 1. The van der Waals surface area contributed by atoms with Gasteiger partial charge in [0.1, 0.15) is 11.4 Å². The van der Waals surface area contributed by atoms with Crippen molar-refractivity contribution in [1.82, 2.24) is 5.16 Å². The number of phenols is 1. The Labute approximate surface area is 87.3 Å². The zero-order chi connectivity index (χ0) is 11.0. The van der Waals surface area contributed by atoms with Gasteiger partial charge in [0.05, 0.1) is 0 Å². The van der Waals surface area contributed by atoms with Gasteiger partial charge >= 0.3 is 0 Å². The summed E-state index contributed by atoms with van der Waals surface area (Å²) in [5, 5.41) is 13.5. The maximum atomic E-state index is 9.76. The molecule has 0 aliphatic rings. The third-order valence-electron chi connectivity index (χ3n) is 2.42. The van der Waals surface area contributed by atoms with Gasteiger partial charge < -0.3 is 15.4 Å². The minimum atomic E-state index is 0.186. The van der Waals surface area contributed by atoms with E-state index in [2.05, 4.69) is 5.16 Å². The molecule has 4 nitrogen and oxygen atoms in total. The highest BCUT2D eigenvalue weighted by Gasteiger charge is 2.10. The summed E-state index contributed by atoms with van der Waals surface area (Å²) in [5.41, 5.74) is 8.73. The number of aryl methyl sites for hydroxylation is 2. The van der Waals surface area contributed by atoms with E-state index >= 15 is 0 Å². The van der Waals surface area contributed by atoms with Gasteiger partial charge in [0.15, 0.2) is 0 Å². The first kappa shape index (κ1) is 9.58. The van der Waals surface area contributed by atoms with Crippen LogP contribution in [0.25, 0.3) is 11.3 Å². The van der Waals surface area contributed by atoms with E-state index in [1.807, 2.05) is 19.9 Å². The molecule has 3 N–H and O–H groups in total. The van der Waals surface area contributed by atoms with E-state index in [-0.39, 0.29) is 11.6 Å². The van der Waals surface area contributed by atoms with Crippen LogP contribution in [0.15, 0.2) is 22.7 Å². The molecular weight excluding hydrogens is 192 g/mol. The lowest BCUT2D eigenvalue weighted by molar-refractivity contribution is 0.437. The van der Waals surface area contributed by atoms with Crippen molar-refractivity contribution in [1.29, 1.82) is 0 Å². The van der Waals surface area contributed by atoms with Crippen molar-refractivity contribution in [2.75, 3.05) is 5.73 Å². The van der Waals surface area contributed by atoms with Gasteiger partial charge in [-0.1, -0.05) is 5.16 Å². The molecule has 4 heteroatoms. The minimum Gasteiger partial charge on any atom is -0.507 e. The highest BCUT2D eigenvalue weighted by molar-refractivity contribution is 5.69. The molecule has 0 saturated heterocycles. The van der Waals surface area contributed by atoms with Crippen molar-refractivity contribution in [2.24, 2.45) is 0 Å². The highest BCUT2D eigenvalue weighted by atomic mass is 16.5. The molecule has 0 saturated carbocycles. The van der Waals surface area contributed by atoms with E-state index in [0.29, 0.717) is 11.3 Å². The van der Waals surface area contributed by atoms with Gasteiger partial charge in [-0.2, -0.15) is 0 Å². The standard InChI is InChI=1S/C11H12N2O2/c1-6-3-8(10(14)4-7(6)2)9-5-11(12)15-13-9/h3-5,14H,12H2,1-2H3. The fraction of sp³-hybridized carbons (Fsp3) is 0.182. The van der Waals surface area contributed by atoms with E-state index in [9.17, 15) is 5.11 Å². The normalized spacial score (nSPS) is 10.5. The maximum absolute atomic E-state index is 9.76. The molecule has 2 aromatic rings. The minimum absolute atomic E-state index is 0.186. The maximum Gasteiger partial charge on any atom is 0.222 e. The van der Waals surface area contributed by atoms with Crippen LogP contribution in [0.2, 0.25) is 0 Å². The molecule has 2 rings (SSSR count). The Balaban J connectivity index is 2.58. The Morgan fingerprint density at radius 1 is 1.20 bits per heavy atom. The molecule has 0 atom stereocenters. The average Bonchev–Trinajstić information content (AvgIpc) is 2.58. The summed E-state index contributed by atoms with van der Waals surface area (Å²) in [7, 11) is 0. The number of nitrogens with two attached hydrogens (primary N) is 1. The molecule has 0 fully saturated rings. The fourth-order valence-electron chi connectivity index (χ4n) is 1.42. The number of hydrogen-bond acceptors (Lipinski definition) is 4. The van der Waals surface area contributed by atoms with E-state index in [1.54, 1.807) is 12.1 Å². The van der Waals surface area contributed by atoms with Crippen LogP contribution in [0, 0.1) is 13.8 Å². The zero-order valence-corrected chi connectivity index (χ0v) is 8.61. The average molecular weight is 204 g/mol. The first-order valence-corrected chi connectivity index (χ1v) is 4.60. The first-order chi connectivity index (χ1) is 7.08. The predicted molar refractivity (Wildman–Crippen MR) is 57.5 cm³/mol. The number of nitrogen functional groups attached to an aromatic ring is 1. The van der Waals surface area contributed by atoms with Crippen LogP contribution in [0.1, 0.15) is 11.1 Å². The molecule has 0 bridgehead atoms. The van der Waals surface area contributed by atoms with Crippen molar-refractivity contribution in [3.63, 3.8) is 0 Å². The van der Waals surface area contributed by atoms with Crippen molar-refractivity contribution < 1.29 is 9.63 Å². The predicted octanol–water partition coefficient (Wildman–Crippen LogP) is 2.25. The van der Waals surface area contributed by atoms with Crippen LogP contribution in [-0.2, 0) is 0 Å². The molecule has 0 radical (unpaired) electrons. The van der Waals surface area contributed by atoms with Crippen LogP contribution >= 0.6 is 0 Å². The first-order valence-electron chi connectivity index (χ1n) is 4.60. The lowest BCUT2D eigenvalue weighted by Crippen LogP contribution is -1.85. The SMILES string of the molecule is Cc1cc(O)c(-c2cc(N)on2)cc1C. The third-order valence-corrected chi connectivity index (χ3v) is 2.42. The van der Waals surface area contributed by atoms with Crippen molar-refractivity contribution in [3.05, 3.63) is 29.3 Å². The van der Waals surface area contributed by atoms with Crippen LogP contribution in [-0.4, -0.2) is 10.3 Å².